The summed E-state index contributed by atoms with van der Waals surface area (Å²) < 4.78 is 9.24. The van der Waals surface area contributed by atoms with E-state index in [1.54, 1.807) is 0 Å². The van der Waals surface area contributed by atoms with Gasteiger partial charge in [0.2, 0.25) is 0 Å². The van der Waals surface area contributed by atoms with Crippen LogP contribution in [0, 0.1) is 24.7 Å². The Morgan fingerprint density at radius 1 is 1.12 bits per heavy atom. The highest BCUT2D eigenvalue weighted by Crippen LogP contribution is 2.00. The highest BCUT2D eigenvalue weighted by Gasteiger charge is 2.08. The second kappa shape index (κ2) is 22.0. The van der Waals surface area contributed by atoms with Crippen molar-refractivity contribution in [1.82, 2.24) is 4.90 Å². The van der Waals surface area contributed by atoms with Gasteiger partial charge in [0.25, 0.3) is 6.47 Å². The molecule has 0 radical (unpaired) electrons. The molecule has 0 heterocycles. The molecule has 0 saturated carbocycles. The normalized spacial score (nSPS) is 9.32. The van der Waals surface area contributed by atoms with Crippen LogP contribution in [-0.4, -0.2) is 61.9 Å². The predicted octanol–water partition coefficient (Wildman–Crippen LogP) is 1.61. The van der Waals surface area contributed by atoms with Crippen molar-refractivity contribution >= 4 is 12.4 Å². The van der Waals surface area contributed by atoms with Crippen molar-refractivity contribution in [2.75, 3.05) is 39.5 Å². The van der Waals surface area contributed by atoms with Crippen molar-refractivity contribution < 1.29 is 24.2 Å². The average Bonchev–Trinajstić information content (AvgIpc) is 2.61. The number of rotatable bonds is 14. The summed E-state index contributed by atoms with van der Waals surface area (Å²) in [6.07, 6.45) is 14.1. The molecular formula is C19H31NO5. The molecule has 0 aliphatic carbocycles. The summed E-state index contributed by atoms with van der Waals surface area (Å²) in [6.45, 7) is 5.99. The molecule has 0 aromatic rings. The summed E-state index contributed by atoms with van der Waals surface area (Å²) >= 11 is 0. The zero-order valence-corrected chi connectivity index (χ0v) is 15.2. The molecule has 0 aliphatic rings. The van der Waals surface area contributed by atoms with Gasteiger partial charge < -0.3 is 19.5 Å². The van der Waals surface area contributed by atoms with E-state index in [4.69, 9.17) is 22.7 Å². The van der Waals surface area contributed by atoms with Crippen molar-refractivity contribution in [2.45, 2.75) is 45.4 Å². The van der Waals surface area contributed by atoms with Crippen LogP contribution >= 0.6 is 0 Å². The second-order valence-electron chi connectivity index (χ2n) is 5.12. The van der Waals surface area contributed by atoms with Gasteiger partial charge in [0.05, 0.1) is 6.42 Å². The van der Waals surface area contributed by atoms with Gasteiger partial charge in [0, 0.05) is 26.0 Å². The van der Waals surface area contributed by atoms with E-state index in [0.29, 0.717) is 45.5 Å². The van der Waals surface area contributed by atoms with Crippen LogP contribution in [0.25, 0.3) is 0 Å². The molecule has 0 saturated heterocycles. The summed E-state index contributed by atoms with van der Waals surface area (Å²) in [5, 5.41) is 8.74. The highest BCUT2D eigenvalue weighted by atomic mass is 16.5. The first-order chi connectivity index (χ1) is 12.2. The molecule has 25 heavy (non-hydrogen) atoms. The third-order valence-corrected chi connectivity index (χ3v) is 3.00. The van der Waals surface area contributed by atoms with Crippen molar-refractivity contribution in [2.24, 2.45) is 0 Å². The number of terminal acetylenes is 2. The number of carbonyl (C=O) groups excluding carboxylic acids is 2. The van der Waals surface area contributed by atoms with Crippen molar-refractivity contribution in [1.29, 1.82) is 0 Å². The van der Waals surface area contributed by atoms with E-state index >= 15 is 0 Å². The summed E-state index contributed by atoms with van der Waals surface area (Å²) in [7, 11) is 0. The second-order valence-corrected chi connectivity index (χ2v) is 5.12. The fraction of sp³-hybridized carbons (Fsp3) is 0.684. The van der Waals surface area contributed by atoms with Crippen molar-refractivity contribution in [3.63, 3.8) is 0 Å². The smallest absolute Gasteiger partial charge is 0.307 e. The first kappa shape index (κ1) is 25.2. The molecule has 0 unspecified atom stereocenters. The minimum Gasteiger partial charge on any atom is -0.467 e. The number of esters is 1. The fourth-order valence-corrected chi connectivity index (χ4v) is 1.81. The minimum atomic E-state index is -0.187. The SMILES string of the molecule is C#CCCOC(=O)CCN(CCC)CCCCO.C#CCCOC=O. The summed E-state index contributed by atoms with van der Waals surface area (Å²) in [5.74, 6) is 4.56. The number of carbonyl (C=O) groups is 2. The maximum atomic E-state index is 11.4. The van der Waals surface area contributed by atoms with Gasteiger partial charge in [-0.05, 0) is 32.4 Å². The van der Waals surface area contributed by atoms with Gasteiger partial charge in [-0.2, -0.15) is 0 Å². The lowest BCUT2D eigenvalue weighted by Crippen LogP contribution is -2.29. The quantitative estimate of drug-likeness (QED) is 0.221. The molecule has 1 N–H and O–H groups in total. The summed E-state index contributed by atoms with van der Waals surface area (Å²) in [5.41, 5.74) is 0. The Hall–Kier alpha value is -2.02. The van der Waals surface area contributed by atoms with Crippen LogP contribution < -0.4 is 0 Å². The van der Waals surface area contributed by atoms with Crippen LogP contribution in [0.15, 0.2) is 0 Å². The molecule has 0 aromatic carbocycles. The number of aliphatic hydroxyl groups is 1. The van der Waals surface area contributed by atoms with Gasteiger partial charge in [-0.1, -0.05) is 6.92 Å². The van der Waals surface area contributed by atoms with Gasteiger partial charge in [-0.15, -0.1) is 24.7 Å². The van der Waals surface area contributed by atoms with Crippen LogP contribution in [0.1, 0.15) is 45.4 Å². The molecule has 0 aromatic heterocycles. The van der Waals surface area contributed by atoms with E-state index in [-0.39, 0.29) is 12.6 Å². The number of aliphatic hydroxyl groups excluding tert-OH is 1. The van der Waals surface area contributed by atoms with Gasteiger partial charge in [-0.25, -0.2) is 0 Å². The number of nitrogens with zero attached hydrogens (tertiary/aromatic N) is 1. The molecular weight excluding hydrogens is 322 g/mol. The Kier molecular flexibility index (Phi) is 22.2. The third-order valence-electron chi connectivity index (χ3n) is 3.00. The van der Waals surface area contributed by atoms with Crippen LogP contribution in [0.2, 0.25) is 0 Å². The monoisotopic (exact) mass is 353 g/mol. The number of unbranched alkanes of at least 4 members (excludes halogenated alkanes) is 1. The first-order valence-electron chi connectivity index (χ1n) is 8.57. The Morgan fingerprint density at radius 2 is 1.80 bits per heavy atom. The van der Waals surface area contributed by atoms with E-state index < -0.39 is 0 Å². The molecule has 0 aliphatic heterocycles. The lowest BCUT2D eigenvalue weighted by Gasteiger charge is -2.20. The Morgan fingerprint density at radius 3 is 2.36 bits per heavy atom. The highest BCUT2D eigenvalue weighted by molar-refractivity contribution is 5.69. The molecule has 0 amide bonds. The molecule has 6 nitrogen and oxygen atoms in total. The topological polar surface area (TPSA) is 76.1 Å². The number of hydrogen-bond donors (Lipinski definition) is 1. The molecule has 0 bridgehead atoms. The number of ether oxygens (including phenoxy) is 2. The van der Waals surface area contributed by atoms with E-state index in [0.717, 1.165) is 32.4 Å². The van der Waals surface area contributed by atoms with Crippen LogP contribution in [-0.2, 0) is 19.1 Å². The van der Waals surface area contributed by atoms with E-state index in [1.807, 2.05) is 0 Å². The molecule has 0 spiro atoms. The number of hydrogen-bond acceptors (Lipinski definition) is 6. The van der Waals surface area contributed by atoms with Crippen molar-refractivity contribution in [3.05, 3.63) is 0 Å². The maximum Gasteiger partial charge on any atom is 0.307 e. The van der Waals surface area contributed by atoms with E-state index in [2.05, 4.69) is 28.4 Å². The van der Waals surface area contributed by atoms with Gasteiger partial charge in [0.1, 0.15) is 13.2 Å². The average molecular weight is 353 g/mol. The third kappa shape index (κ3) is 22.0. The lowest BCUT2D eigenvalue weighted by molar-refractivity contribution is -0.143. The first-order valence-corrected chi connectivity index (χ1v) is 8.57. The molecule has 0 fully saturated rings. The maximum absolute atomic E-state index is 11.4. The largest absolute Gasteiger partial charge is 0.467 e. The van der Waals surface area contributed by atoms with Gasteiger partial charge in [-0.3, -0.25) is 9.59 Å². The van der Waals surface area contributed by atoms with Crippen molar-refractivity contribution in [3.8, 4) is 24.7 Å². The van der Waals surface area contributed by atoms with Gasteiger partial charge >= 0.3 is 5.97 Å². The van der Waals surface area contributed by atoms with Crippen LogP contribution in [0.3, 0.4) is 0 Å². The molecule has 6 heteroatoms. The van der Waals surface area contributed by atoms with E-state index in [1.165, 1.54) is 0 Å². The Labute approximate surface area is 151 Å². The van der Waals surface area contributed by atoms with Crippen LogP contribution in [0.4, 0.5) is 0 Å². The fourth-order valence-electron chi connectivity index (χ4n) is 1.81. The predicted molar refractivity (Wildman–Crippen MR) is 97.5 cm³/mol. The minimum absolute atomic E-state index is 0.187. The van der Waals surface area contributed by atoms with Gasteiger partial charge in [0.15, 0.2) is 0 Å². The van der Waals surface area contributed by atoms with Crippen LogP contribution in [0.5, 0.6) is 0 Å². The molecule has 142 valence electrons. The summed E-state index contributed by atoms with van der Waals surface area (Å²) in [4.78, 5) is 23.0. The zero-order chi connectivity index (χ0) is 19.2. The molecule has 0 rings (SSSR count). The van der Waals surface area contributed by atoms with E-state index in [9.17, 15) is 9.59 Å². The Bertz CT molecular complexity index is 398. The Balaban J connectivity index is 0. The lowest BCUT2D eigenvalue weighted by atomic mass is 10.2. The molecule has 0 atom stereocenters. The summed E-state index contributed by atoms with van der Waals surface area (Å²) in [6, 6.07) is 0. The zero-order valence-electron chi connectivity index (χ0n) is 15.2. The standard InChI is InChI=1S/C14H25NO3.C5H6O2/c1-3-5-13-18-14(17)8-11-15(9-4-2)10-6-7-12-16;1-2-3-4-7-5-6/h1,16H,4-13H2,2H3;1,5H,3-4H2.